The number of phenols is 2. The summed E-state index contributed by atoms with van der Waals surface area (Å²) in [6.45, 7) is 3.93. The van der Waals surface area contributed by atoms with E-state index in [-0.39, 0.29) is 18.1 Å². The Morgan fingerprint density at radius 2 is 2.07 bits per heavy atom. The van der Waals surface area contributed by atoms with E-state index in [2.05, 4.69) is 0 Å². The first-order chi connectivity index (χ1) is 12.8. The van der Waals surface area contributed by atoms with Crippen molar-refractivity contribution in [1.82, 2.24) is 0 Å². The van der Waals surface area contributed by atoms with Crippen molar-refractivity contribution >= 4 is 0 Å². The lowest BCUT2D eigenvalue weighted by molar-refractivity contribution is -0.0865. The van der Waals surface area contributed by atoms with E-state index in [9.17, 15) is 15.3 Å². The number of fused-ring (bicyclic) bond motifs is 5. The maximum atomic E-state index is 11.4. The molecule has 2 aliphatic rings. The highest BCUT2D eigenvalue weighted by Gasteiger charge is 2.54. The highest BCUT2D eigenvalue weighted by atomic mass is 16.5. The van der Waals surface area contributed by atoms with E-state index < -0.39 is 11.7 Å². The second-order valence-corrected chi connectivity index (χ2v) is 7.20. The van der Waals surface area contributed by atoms with Gasteiger partial charge in [0.1, 0.15) is 23.9 Å². The van der Waals surface area contributed by atoms with E-state index in [1.54, 1.807) is 6.07 Å². The standard InChI is InChI=1S/C21H22O6/c1-11(2)4-6-14-18-15(9-16(23)19(14)25-3)21(24)10-26-17-8-12(22)5-7-13(17)20(21)27-18/h4-5,7-9,20,22-24H,6,10H2,1-3H3/t20-,21+/m0/s1. The SMILES string of the molecule is COc1c(O)cc2c(c1CC=C(C)C)O[C@H]1c3ccc(O)cc3OC[C@@]21O. The Balaban J connectivity index is 1.89. The average Bonchev–Trinajstić information content (AvgIpc) is 2.92. The van der Waals surface area contributed by atoms with E-state index in [1.807, 2.05) is 19.9 Å². The summed E-state index contributed by atoms with van der Waals surface area (Å²) in [5, 5.41) is 31.6. The minimum Gasteiger partial charge on any atom is -0.508 e. The monoisotopic (exact) mass is 370 g/mol. The molecule has 142 valence electrons. The Labute approximate surface area is 157 Å². The summed E-state index contributed by atoms with van der Waals surface area (Å²) in [7, 11) is 1.49. The lowest BCUT2D eigenvalue weighted by atomic mass is 9.84. The number of ether oxygens (including phenoxy) is 3. The summed E-state index contributed by atoms with van der Waals surface area (Å²) in [4.78, 5) is 0. The summed E-state index contributed by atoms with van der Waals surface area (Å²) in [5.41, 5.74) is 1.47. The third-order valence-electron chi connectivity index (χ3n) is 5.09. The van der Waals surface area contributed by atoms with Crippen LogP contribution in [0.2, 0.25) is 0 Å². The number of hydrogen-bond acceptors (Lipinski definition) is 6. The number of hydrogen-bond donors (Lipinski definition) is 3. The van der Waals surface area contributed by atoms with Gasteiger partial charge < -0.3 is 29.5 Å². The molecule has 0 spiro atoms. The van der Waals surface area contributed by atoms with Gasteiger partial charge in [-0.15, -0.1) is 0 Å². The van der Waals surface area contributed by atoms with Crippen molar-refractivity contribution in [2.45, 2.75) is 32.0 Å². The summed E-state index contributed by atoms with van der Waals surface area (Å²) in [5.74, 6) is 1.33. The molecular weight excluding hydrogens is 348 g/mol. The molecule has 0 saturated carbocycles. The zero-order chi connectivity index (χ0) is 19.3. The van der Waals surface area contributed by atoms with Crippen LogP contribution in [-0.4, -0.2) is 29.0 Å². The van der Waals surface area contributed by atoms with Gasteiger partial charge in [0, 0.05) is 22.8 Å². The first-order valence-corrected chi connectivity index (χ1v) is 8.76. The minimum atomic E-state index is -1.44. The maximum absolute atomic E-state index is 11.4. The van der Waals surface area contributed by atoms with Crippen LogP contribution in [0.5, 0.6) is 28.7 Å². The molecule has 0 radical (unpaired) electrons. The molecule has 2 heterocycles. The van der Waals surface area contributed by atoms with E-state index in [0.717, 1.165) is 5.57 Å². The largest absolute Gasteiger partial charge is 0.508 e. The quantitative estimate of drug-likeness (QED) is 0.719. The van der Waals surface area contributed by atoms with Crippen LogP contribution < -0.4 is 14.2 Å². The van der Waals surface area contributed by atoms with E-state index in [1.165, 1.54) is 25.3 Å². The zero-order valence-electron chi connectivity index (χ0n) is 15.4. The predicted molar refractivity (Wildman–Crippen MR) is 98.7 cm³/mol. The fraction of sp³-hybridized carbons (Fsp3) is 0.333. The molecule has 0 aliphatic carbocycles. The maximum Gasteiger partial charge on any atom is 0.168 e. The van der Waals surface area contributed by atoms with Crippen molar-refractivity contribution in [3.8, 4) is 28.7 Å². The van der Waals surface area contributed by atoms with Gasteiger partial charge in [-0.25, -0.2) is 0 Å². The van der Waals surface area contributed by atoms with E-state index in [4.69, 9.17) is 14.2 Å². The van der Waals surface area contributed by atoms with Gasteiger partial charge >= 0.3 is 0 Å². The molecule has 4 rings (SSSR count). The summed E-state index contributed by atoms with van der Waals surface area (Å²) in [6.07, 6.45) is 1.80. The summed E-state index contributed by atoms with van der Waals surface area (Å²) < 4.78 is 17.3. The van der Waals surface area contributed by atoms with Crippen LogP contribution in [0, 0.1) is 0 Å². The van der Waals surface area contributed by atoms with Crippen LogP contribution >= 0.6 is 0 Å². The predicted octanol–water partition coefficient (Wildman–Crippen LogP) is 3.33. The van der Waals surface area contributed by atoms with Crippen molar-refractivity contribution < 1.29 is 29.5 Å². The molecule has 6 heteroatoms. The van der Waals surface area contributed by atoms with Crippen molar-refractivity contribution in [2.24, 2.45) is 0 Å². The smallest absolute Gasteiger partial charge is 0.168 e. The molecule has 0 unspecified atom stereocenters. The Hall–Kier alpha value is -2.86. The number of aliphatic hydroxyl groups is 1. The molecule has 6 nitrogen and oxygen atoms in total. The number of phenolic OH excluding ortho intramolecular Hbond substituents is 2. The third-order valence-corrected chi connectivity index (χ3v) is 5.09. The summed E-state index contributed by atoms with van der Waals surface area (Å²) >= 11 is 0. The molecule has 2 aromatic rings. The number of benzene rings is 2. The molecule has 0 aromatic heterocycles. The van der Waals surface area contributed by atoms with Crippen LogP contribution in [0.25, 0.3) is 0 Å². The van der Waals surface area contributed by atoms with Gasteiger partial charge in [-0.3, -0.25) is 0 Å². The molecule has 2 atom stereocenters. The van der Waals surface area contributed by atoms with E-state index in [0.29, 0.717) is 40.4 Å². The Morgan fingerprint density at radius 3 is 2.78 bits per heavy atom. The van der Waals surface area contributed by atoms with Crippen LogP contribution in [0.4, 0.5) is 0 Å². The molecule has 3 N–H and O–H groups in total. The molecule has 0 amide bonds. The first kappa shape index (κ1) is 17.5. The van der Waals surface area contributed by atoms with Crippen LogP contribution in [0.3, 0.4) is 0 Å². The summed E-state index contributed by atoms with van der Waals surface area (Å²) in [6, 6.07) is 6.19. The molecular formula is C21H22O6. The van der Waals surface area contributed by atoms with Crippen molar-refractivity contribution in [3.05, 3.63) is 52.6 Å². The number of aromatic hydroxyl groups is 2. The van der Waals surface area contributed by atoms with Crippen LogP contribution in [0.15, 0.2) is 35.9 Å². The molecule has 0 fully saturated rings. The zero-order valence-corrected chi connectivity index (χ0v) is 15.4. The number of rotatable bonds is 3. The first-order valence-electron chi connectivity index (χ1n) is 8.76. The van der Waals surface area contributed by atoms with Gasteiger partial charge in [0.05, 0.1) is 7.11 Å². The molecule has 2 aromatic carbocycles. The minimum absolute atomic E-state index is 0.0467. The normalized spacial score (nSPS) is 22.0. The van der Waals surface area contributed by atoms with Crippen molar-refractivity contribution in [1.29, 1.82) is 0 Å². The highest BCUT2D eigenvalue weighted by Crippen LogP contribution is 2.57. The topological polar surface area (TPSA) is 88.4 Å². The fourth-order valence-electron chi connectivity index (χ4n) is 3.75. The number of allylic oxidation sites excluding steroid dienone is 2. The lowest BCUT2D eigenvalue weighted by Crippen LogP contribution is -2.41. The molecule has 27 heavy (non-hydrogen) atoms. The van der Waals surface area contributed by atoms with Crippen LogP contribution in [-0.2, 0) is 12.0 Å². The Bertz CT molecular complexity index is 944. The second-order valence-electron chi connectivity index (χ2n) is 7.20. The van der Waals surface area contributed by atoms with Crippen molar-refractivity contribution in [3.63, 3.8) is 0 Å². The third kappa shape index (κ3) is 2.59. The highest BCUT2D eigenvalue weighted by molar-refractivity contribution is 5.63. The van der Waals surface area contributed by atoms with Gasteiger partial charge in [0.25, 0.3) is 0 Å². The Morgan fingerprint density at radius 1 is 1.30 bits per heavy atom. The Kier molecular flexibility index (Phi) is 3.96. The van der Waals surface area contributed by atoms with E-state index >= 15 is 0 Å². The number of methoxy groups -OCH3 is 1. The van der Waals surface area contributed by atoms with Crippen molar-refractivity contribution in [2.75, 3.05) is 13.7 Å². The van der Waals surface area contributed by atoms with Gasteiger partial charge in [0.15, 0.2) is 23.2 Å². The average molecular weight is 370 g/mol. The molecule has 0 bridgehead atoms. The van der Waals surface area contributed by atoms with Gasteiger partial charge in [-0.2, -0.15) is 0 Å². The van der Waals surface area contributed by atoms with Gasteiger partial charge in [-0.05, 0) is 38.5 Å². The lowest BCUT2D eigenvalue weighted by Gasteiger charge is -2.34. The second kappa shape index (κ2) is 6.09. The van der Waals surface area contributed by atoms with Gasteiger partial charge in [0.2, 0.25) is 0 Å². The molecule has 0 saturated heterocycles. The van der Waals surface area contributed by atoms with Crippen LogP contribution in [0.1, 0.15) is 36.6 Å². The fourth-order valence-corrected chi connectivity index (χ4v) is 3.75. The molecule has 2 aliphatic heterocycles. The van der Waals surface area contributed by atoms with Gasteiger partial charge in [-0.1, -0.05) is 11.6 Å².